The standard InChI is InChI=1S/C11H20N2O2/c1-8-6-12-4-2-10(8)13-11(14)9-3-5-15-7-9/h8-10,12H,2-7H2,1H3,(H,13,14). The van der Waals surface area contributed by atoms with Gasteiger partial charge in [-0.2, -0.15) is 0 Å². The molecule has 2 aliphatic rings. The summed E-state index contributed by atoms with van der Waals surface area (Å²) in [5.41, 5.74) is 0. The fourth-order valence-corrected chi connectivity index (χ4v) is 2.27. The van der Waals surface area contributed by atoms with Crippen molar-refractivity contribution in [3.63, 3.8) is 0 Å². The molecule has 86 valence electrons. The van der Waals surface area contributed by atoms with E-state index in [9.17, 15) is 4.79 Å². The maximum absolute atomic E-state index is 11.8. The molecular weight excluding hydrogens is 192 g/mol. The van der Waals surface area contributed by atoms with Crippen molar-refractivity contribution in [3.05, 3.63) is 0 Å². The van der Waals surface area contributed by atoms with E-state index in [0.717, 1.165) is 32.5 Å². The van der Waals surface area contributed by atoms with Gasteiger partial charge in [-0.3, -0.25) is 4.79 Å². The average molecular weight is 212 g/mol. The van der Waals surface area contributed by atoms with Crippen LogP contribution in [0.25, 0.3) is 0 Å². The van der Waals surface area contributed by atoms with E-state index < -0.39 is 0 Å². The molecule has 3 unspecified atom stereocenters. The minimum absolute atomic E-state index is 0.0899. The Morgan fingerprint density at radius 1 is 1.47 bits per heavy atom. The molecule has 2 aliphatic heterocycles. The monoisotopic (exact) mass is 212 g/mol. The summed E-state index contributed by atoms with van der Waals surface area (Å²) in [5.74, 6) is 0.809. The number of hydrogen-bond donors (Lipinski definition) is 2. The lowest BCUT2D eigenvalue weighted by atomic mass is 9.94. The van der Waals surface area contributed by atoms with Gasteiger partial charge < -0.3 is 15.4 Å². The number of rotatable bonds is 2. The van der Waals surface area contributed by atoms with Crippen molar-refractivity contribution in [2.75, 3.05) is 26.3 Å². The highest BCUT2D eigenvalue weighted by atomic mass is 16.5. The van der Waals surface area contributed by atoms with Crippen molar-refractivity contribution in [1.29, 1.82) is 0 Å². The van der Waals surface area contributed by atoms with E-state index in [1.165, 1.54) is 0 Å². The Kier molecular flexibility index (Phi) is 3.59. The van der Waals surface area contributed by atoms with E-state index in [1.807, 2.05) is 0 Å². The third-order valence-corrected chi connectivity index (χ3v) is 3.41. The summed E-state index contributed by atoms with van der Waals surface area (Å²) in [6.45, 7) is 5.54. The predicted octanol–water partition coefficient (Wildman–Crippen LogP) is 0.137. The first-order valence-electron chi connectivity index (χ1n) is 5.86. The third kappa shape index (κ3) is 2.69. The highest BCUT2D eigenvalue weighted by molar-refractivity contribution is 5.79. The summed E-state index contributed by atoms with van der Waals surface area (Å²) in [5, 5.41) is 6.48. The maximum atomic E-state index is 11.8. The Labute approximate surface area is 90.8 Å². The molecule has 15 heavy (non-hydrogen) atoms. The second-order valence-corrected chi connectivity index (χ2v) is 4.65. The van der Waals surface area contributed by atoms with Gasteiger partial charge in [0, 0.05) is 12.6 Å². The van der Waals surface area contributed by atoms with Crippen molar-refractivity contribution in [2.45, 2.75) is 25.8 Å². The van der Waals surface area contributed by atoms with Crippen LogP contribution in [0.2, 0.25) is 0 Å². The van der Waals surface area contributed by atoms with Crippen molar-refractivity contribution in [2.24, 2.45) is 11.8 Å². The number of piperidine rings is 1. The second kappa shape index (κ2) is 4.94. The molecule has 4 nitrogen and oxygen atoms in total. The lowest BCUT2D eigenvalue weighted by molar-refractivity contribution is -0.126. The third-order valence-electron chi connectivity index (χ3n) is 3.41. The van der Waals surface area contributed by atoms with Crippen LogP contribution >= 0.6 is 0 Å². The SMILES string of the molecule is CC1CNCCC1NC(=O)C1CCOC1. The topological polar surface area (TPSA) is 50.4 Å². The number of carbonyl (C=O) groups is 1. The zero-order chi connectivity index (χ0) is 10.7. The number of amides is 1. The van der Waals surface area contributed by atoms with E-state index in [2.05, 4.69) is 17.6 Å². The Balaban J connectivity index is 1.81. The van der Waals surface area contributed by atoms with Crippen LogP contribution in [-0.4, -0.2) is 38.3 Å². The summed E-state index contributed by atoms with van der Waals surface area (Å²) in [7, 11) is 0. The highest BCUT2D eigenvalue weighted by Crippen LogP contribution is 2.15. The van der Waals surface area contributed by atoms with Gasteiger partial charge in [0.2, 0.25) is 5.91 Å². The van der Waals surface area contributed by atoms with Gasteiger partial charge in [-0.15, -0.1) is 0 Å². The van der Waals surface area contributed by atoms with E-state index >= 15 is 0 Å². The van der Waals surface area contributed by atoms with Crippen molar-refractivity contribution in [1.82, 2.24) is 10.6 Å². The lowest BCUT2D eigenvalue weighted by Gasteiger charge is -2.30. The molecule has 0 spiro atoms. The van der Waals surface area contributed by atoms with Crippen LogP contribution in [0.5, 0.6) is 0 Å². The predicted molar refractivity (Wildman–Crippen MR) is 57.5 cm³/mol. The molecule has 2 rings (SSSR count). The molecule has 0 bridgehead atoms. The van der Waals surface area contributed by atoms with Gasteiger partial charge in [0.05, 0.1) is 12.5 Å². The van der Waals surface area contributed by atoms with Gasteiger partial charge in [0.1, 0.15) is 0 Å². The molecule has 2 heterocycles. The summed E-state index contributed by atoms with van der Waals surface area (Å²) in [6, 6.07) is 0.347. The molecular formula is C11H20N2O2. The van der Waals surface area contributed by atoms with E-state index in [0.29, 0.717) is 18.6 Å². The summed E-state index contributed by atoms with van der Waals surface area (Å²) in [6.07, 6.45) is 1.92. The molecule has 0 aromatic heterocycles. The summed E-state index contributed by atoms with van der Waals surface area (Å²) >= 11 is 0. The Morgan fingerprint density at radius 3 is 3.00 bits per heavy atom. The average Bonchev–Trinajstić information content (AvgIpc) is 2.74. The normalized spacial score (nSPS) is 36.5. The molecule has 0 aliphatic carbocycles. The molecule has 0 radical (unpaired) electrons. The fourth-order valence-electron chi connectivity index (χ4n) is 2.27. The molecule has 0 aromatic carbocycles. The van der Waals surface area contributed by atoms with Crippen LogP contribution in [-0.2, 0) is 9.53 Å². The minimum Gasteiger partial charge on any atom is -0.381 e. The van der Waals surface area contributed by atoms with Gasteiger partial charge in [-0.1, -0.05) is 6.92 Å². The summed E-state index contributed by atoms with van der Waals surface area (Å²) < 4.78 is 5.22. The lowest BCUT2D eigenvalue weighted by Crippen LogP contribution is -2.49. The van der Waals surface area contributed by atoms with Crippen LogP contribution in [0, 0.1) is 11.8 Å². The molecule has 0 aromatic rings. The fraction of sp³-hybridized carbons (Fsp3) is 0.909. The quantitative estimate of drug-likeness (QED) is 0.684. The zero-order valence-corrected chi connectivity index (χ0v) is 9.29. The van der Waals surface area contributed by atoms with Crippen LogP contribution in [0.3, 0.4) is 0 Å². The van der Waals surface area contributed by atoms with Crippen LogP contribution in [0.15, 0.2) is 0 Å². The Hall–Kier alpha value is -0.610. The highest BCUT2D eigenvalue weighted by Gasteiger charge is 2.28. The van der Waals surface area contributed by atoms with Crippen molar-refractivity contribution >= 4 is 5.91 Å². The van der Waals surface area contributed by atoms with Gasteiger partial charge in [-0.25, -0.2) is 0 Å². The molecule has 2 N–H and O–H groups in total. The molecule has 2 saturated heterocycles. The molecule has 4 heteroatoms. The number of hydrogen-bond acceptors (Lipinski definition) is 3. The maximum Gasteiger partial charge on any atom is 0.225 e. The van der Waals surface area contributed by atoms with Gasteiger partial charge in [0.25, 0.3) is 0 Å². The smallest absolute Gasteiger partial charge is 0.225 e. The van der Waals surface area contributed by atoms with Crippen molar-refractivity contribution in [3.8, 4) is 0 Å². The minimum atomic E-state index is 0.0899. The van der Waals surface area contributed by atoms with Crippen LogP contribution < -0.4 is 10.6 Å². The first kappa shape index (κ1) is 10.9. The number of ether oxygens (including phenoxy) is 1. The van der Waals surface area contributed by atoms with E-state index in [-0.39, 0.29) is 11.8 Å². The molecule has 2 fully saturated rings. The second-order valence-electron chi connectivity index (χ2n) is 4.65. The first-order chi connectivity index (χ1) is 7.27. The Bertz CT molecular complexity index is 227. The van der Waals surface area contributed by atoms with Gasteiger partial charge >= 0.3 is 0 Å². The first-order valence-corrected chi connectivity index (χ1v) is 5.86. The molecule has 3 atom stereocenters. The van der Waals surface area contributed by atoms with Crippen molar-refractivity contribution < 1.29 is 9.53 Å². The number of nitrogens with one attached hydrogen (secondary N) is 2. The van der Waals surface area contributed by atoms with Crippen LogP contribution in [0.4, 0.5) is 0 Å². The van der Waals surface area contributed by atoms with E-state index in [1.54, 1.807) is 0 Å². The van der Waals surface area contributed by atoms with E-state index in [4.69, 9.17) is 4.74 Å². The largest absolute Gasteiger partial charge is 0.381 e. The molecule has 0 saturated carbocycles. The Morgan fingerprint density at radius 2 is 2.33 bits per heavy atom. The zero-order valence-electron chi connectivity index (χ0n) is 9.29. The van der Waals surface area contributed by atoms with Crippen LogP contribution in [0.1, 0.15) is 19.8 Å². The van der Waals surface area contributed by atoms with Gasteiger partial charge in [-0.05, 0) is 31.8 Å². The van der Waals surface area contributed by atoms with Gasteiger partial charge in [0.15, 0.2) is 0 Å². The summed E-state index contributed by atoms with van der Waals surface area (Å²) in [4.78, 5) is 11.8. The number of carbonyl (C=O) groups excluding carboxylic acids is 1. The molecule has 1 amide bonds.